The van der Waals surface area contributed by atoms with E-state index in [0.717, 1.165) is 37.1 Å². The van der Waals surface area contributed by atoms with Crippen LogP contribution in [0.25, 0.3) is 0 Å². The van der Waals surface area contributed by atoms with Gasteiger partial charge in [0.1, 0.15) is 0 Å². The lowest BCUT2D eigenvalue weighted by Gasteiger charge is -2.37. The summed E-state index contributed by atoms with van der Waals surface area (Å²) < 4.78 is 0. The zero-order valence-electron chi connectivity index (χ0n) is 13.5. The lowest BCUT2D eigenvalue weighted by atomic mass is 9.94. The molecule has 2 fully saturated rings. The van der Waals surface area contributed by atoms with E-state index in [4.69, 9.17) is 11.6 Å². The molecule has 0 radical (unpaired) electrons. The second-order valence-electron chi connectivity index (χ2n) is 6.26. The van der Waals surface area contributed by atoms with Gasteiger partial charge in [0.05, 0.1) is 10.7 Å². The number of rotatable bonds is 4. The van der Waals surface area contributed by atoms with Gasteiger partial charge < -0.3 is 10.2 Å². The van der Waals surface area contributed by atoms with Crippen molar-refractivity contribution >= 4 is 42.1 Å². The fraction of sp³-hybridized carbons (Fsp3) is 0.647. The van der Waals surface area contributed by atoms with E-state index in [2.05, 4.69) is 27.2 Å². The lowest BCUT2D eigenvalue weighted by Crippen LogP contribution is -2.47. The molecule has 2 saturated heterocycles. The number of piperidine rings is 1. The maximum atomic E-state index is 6.30. The highest BCUT2D eigenvalue weighted by atomic mass is 35.5. The molecule has 0 bridgehead atoms. The van der Waals surface area contributed by atoms with Gasteiger partial charge in [-0.25, -0.2) is 0 Å². The third kappa shape index (κ3) is 5.99. The van der Waals surface area contributed by atoms with Gasteiger partial charge in [0.25, 0.3) is 0 Å². The average Bonchev–Trinajstić information content (AvgIpc) is 2.55. The summed E-state index contributed by atoms with van der Waals surface area (Å²) in [6, 6.07) is 8.19. The summed E-state index contributed by atoms with van der Waals surface area (Å²) in [5.41, 5.74) is 1.19. The Bertz CT molecular complexity index is 444. The van der Waals surface area contributed by atoms with Crippen LogP contribution in [0.5, 0.6) is 0 Å². The number of benzene rings is 1. The van der Waals surface area contributed by atoms with Crippen LogP contribution in [0.3, 0.4) is 0 Å². The van der Waals surface area contributed by atoms with Crippen molar-refractivity contribution in [2.24, 2.45) is 5.92 Å². The highest BCUT2D eigenvalue weighted by molar-refractivity contribution is 6.33. The summed E-state index contributed by atoms with van der Waals surface area (Å²) in [6.45, 7) is 8.20. The first-order chi connectivity index (χ1) is 10.3. The number of nitrogens with one attached hydrogen (secondary N) is 1. The van der Waals surface area contributed by atoms with E-state index in [9.17, 15) is 0 Å². The van der Waals surface area contributed by atoms with E-state index in [0.29, 0.717) is 0 Å². The highest BCUT2D eigenvalue weighted by Gasteiger charge is 2.20. The SMILES string of the molecule is Cl.Cl.Clc1ccccc1N1CCN(CCC2CCNCC2)CC1. The van der Waals surface area contributed by atoms with E-state index < -0.39 is 0 Å². The third-order valence-corrected chi connectivity index (χ3v) is 5.20. The summed E-state index contributed by atoms with van der Waals surface area (Å²) in [5, 5.41) is 4.32. The number of hydrogen-bond donors (Lipinski definition) is 1. The lowest BCUT2D eigenvalue weighted by molar-refractivity contribution is 0.224. The largest absolute Gasteiger partial charge is 0.368 e. The first-order valence-electron chi connectivity index (χ1n) is 8.25. The Balaban J connectivity index is 0.00000132. The smallest absolute Gasteiger partial charge is 0.0639 e. The number of hydrogen-bond acceptors (Lipinski definition) is 3. The van der Waals surface area contributed by atoms with Crippen molar-refractivity contribution < 1.29 is 0 Å². The molecule has 132 valence electrons. The van der Waals surface area contributed by atoms with Crippen LogP contribution in [0.4, 0.5) is 5.69 Å². The minimum absolute atomic E-state index is 0. The summed E-state index contributed by atoms with van der Waals surface area (Å²) in [5.74, 6) is 0.938. The van der Waals surface area contributed by atoms with Gasteiger partial charge >= 0.3 is 0 Å². The second-order valence-corrected chi connectivity index (χ2v) is 6.67. The molecule has 1 aromatic carbocycles. The van der Waals surface area contributed by atoms with Gasteiger partial charge in [0.15, 0.2) is 0 Å². The number of nitrogens with zero attached hydrogens (tertiary/aromatic N) is 2. The number of para-hydroxylation sites is 1. The Morgan fingerprint density at radius 1 is 1.00 bits per heavy atom. The van der Waals surface area contributed by atoms with Crippen LogP contribution in [0, 0.1) is 5.92 Å². The summed E-state index contributed by atoms with van der Waals surface area (Å²) in [4.78, 5) is 5.04. The number of piperazine rings is 1. The third-order valence-electron chi connectivity index (χ3n) is 4.88. The fourth-order valence-corrected chi connectivity index (χ4v) is 3.71. The van der Waals surface area contributed by atoms with Gasteiger partial charge in [0.2, 0.25) is 0 Å². The summed E-state index contributed by atoms with van der Waals surface area (Å²) >= 11 is 6.30. The molecule has 0 saturated carbocycles. The Hall–Kier alpha value is -0.190. The van der Waals surface area contributed by atoms with Gasteiger partial charge in [0, 0.05) is 26.2 Å². The molecule has 2 heterocycles. The van der Waals surface area contributed by atoms with Crippen LogP contribution in [0.2, 0.25) is 5.02 Å². The zero-order valence-corrected chi connectivity index (χ0v) is 15.9. The molecule has 3 rings (SSSR count). The first kappa shape index (κ1) is 20.9. The molecule has 0 unspecified atom stereocenters. The quantitative estimate of drug-likeness (QED) is 0.859. The van der Waals surface area contributed by atoms with Crippen molar-refractivity contribution in [3.05, 3.63) is 29.3 Å². The second kappa shape index (κ2) is 10.6. The molecule has 2 aliphatic rings. The topological polar surface area (TPSA) is 18.5 Å². The molecular formula is C17H28Cl3N3. The van der Waals surface area contributed by atoms with E-state index in [1.165, 1.54) is 44.6 Å². The van der Waals surface area contributed by atoms with Crippen LogP contribution >= 0.6 is 36.4 Å². The first-order valence-corrected chi connectivity index (χ1v) is 8.63. The molecule has 0 atom stereocenters. The van der Waals surface area contributed by atoms with E-state index >= 15 is 0 Å². The maximum absolute atomic E-state index is 6.30. The van der Waals surface area contributed by atoms with E-state index in [1.807, 2.05) is 12.1 Å². The number of halogens is 3. The van der Waals surface area contributed by atoms with Crippen LogP contribution in [0.15, 0.2) is 24.3 Å². The van der Waals surface area contributed by atoms with Crippen LogP contribution in [-0.2, 0) is 0 Å². The average molecular weight is 381 g/mol. The summed E-state index contributed by atoms with van der Waals surface area (Å²) in [6.07, 6.45) is 4.09. The summed E-state index contributed by atoms with van der Waals surface area (Å²) in [7, 11) is 0. The van der Waals surface area contributed by atoms with Gasteiger partial charge in [-0.15, -0.1) is 24.8 Å². The van der Waals surface area contributed by atoms with E-state index in [1.54, 1.807) is 0 Å². The van der Waals surface area contributed by atoms with Gasteiger partial charge in [-0.1, -0.05) is 23.7 Å². The van der Waals surface area contributed by atoms with Crippen LogP contribution in [0.1, 0.15) is 19.3 Å². The van der Waals surface area contributed by atoms with Crippen molar-refractivity contribution in [1.82, 2.24) is 10.2 Å². The van der Waals surface area contributed by atoms with Crippen molar-refractivity contribution in [3.63, 3.8) is 0 Å². The minimum Gasteiger partial charge on any atom is -0.368 e. The highest BCUT2D eigenvalue weighted by Crippen LogP contribution is 2.26. The monoisotopic (exact) mass is 379 g/mol. The van der Waals surface area contributed by atoms with Gasteiger partial charge in [-0.3, -0.25) is 4.90 Å². The van der Waals surface area contributed by atoms with Crippen LogP contribution < -0.4 is 10.2 Å². The van der Waals surface area contributed by atoms with Crippen molar-refractivity contribution in [2.75, 3.05) is 50.7 Å². The normalized spacial score (nSPS) is 19.8. The molecule has 0 amide bonds. The molecule has 0 spiro atoms. The fourth-order valence-electron chi connectivity index (χ4n) is 3.46. The molecule has 0 aromatic heterocycles. The molecular weight excluding hydrogens is 353 g/mol. The molecule has 1 aromatic rings. The Labute approximate surface area is 157 Å². The molecule has 23 heavy (non-hydrogen) atoms. The zero-order chi connectivity index (χ0) is 14.5. The predicted octanol–water partition coefficient (Wildman–Crippen LogP) is 3.70. The maximum Gasteiger partial charge on any atom is 0.0639 e. The molecule has 3 nitrogen and oxygen atoms in total. The van der Waals surface area contributed by atoms with E-state index in [-0.39, 0.29) is 24.8 Å². The van der Waals surface area contributed by atoms with Gasteiger partial charge in [-0.2, -0.15) is 0 Å². The Morgan fingerprint density at radius 3 is 2.30 bits per heavy atom. The van der Waals surface area contributed by atoms with Crippen molar-refractivity contribution in [3.8, 4) is 0 Å². The Kier molecular flexibility index (Phi) is 9.64. The van der Waals surface area contributed by atoms with Crippen LogP contribution in [-0.4, -0.2) is 50.7 Å². The van der Waals surface area contributed by atoms with Crippen molar-refractivity contribution in [2.45, 2.75) is 19.3 Å². The van der Waals surface area contributed by atoms with Gasteiger partial charge in [-0.05, 0) is 56.9 Å². The molecule has 1 N–H and O–H groups in total. The predicted molar refractivity (Wildman–Crippen MR) is 105 cm³/mol. The van der Waals surface area contributed by atoms with Crippen molar-refractivity contribution in [1.29, 1.82) is 0 Å². The Morgan fingerprint density at radius 2 is 1.65 bits per heavy atom. The standard InChI is InChI=1S/C17H26ClN3.2ClH/c18-16-3-1-2-4-17(16)21-13-11-20(12-14-21)10-7-15-5-8-19-9-6-15;;/h1-4,15,19H,5-14H2;2*1H. The molecule has 0 aliphatic carbocycles. The number of anilines is 1. The molecule has 2 aliphatic heterocycles. The molecule has 6 heteroatoms. The minimum atomic E-state index is 0.